The SMILES string of the molecule is Cc1c(O)c(O)cc2cc(OC=O)cc(=O)c(O)c12.Cc1c(O)cc(C(=O)O[C@@H]2Cc3c(O)cc(O)cc3O[C@@H]2c2cc(=O)c(O)c3c(O)c(O)ccc3c2)cc1O.Cc1cc(C(=O)O[C@@H]2Cc3c(O)cc(O)cc3OC2c2cc(O)c(O)c3c(=O)c(O)cc(C(=O)OC4Cc5c(O)cc(O)cc5O[C@@H]4c4ccc(O)c(O)c4)cc23)cc(O)c1O. The van der Waals surface area contributed by atoms with E-state index in [-0.39, 0.29) is 166 Å². The van der Waals surface area contributed by atoms with Gasteiger partial charge < -0.3 is 140 Å². The van der Waals surface area contributed by atoms with Crippen LogP contribution in [0.5, 0.6) is 144 Å². The van der Waals surface area contributed by atoms with Crippen molar-refractivity contribution in [2.45, 2.75) is 76.7 Å². The number of phenolic OH excluding ortho intramolecular Hbond substituents is 18. The minimum absolute atomic E-state index is 0.00123. The van der Waals surface area contributed by atoms with Crippen molar-refractivity contribution in [3.8, 4) is 144 Å². The van der Waals surface area contributed by atoms with Gasteiger partial charge in [0.15, 0.2) is 93.1 Å². The maximum atomic E-state index is 14.2. The Labute approximate surface area is 670 Å². The number of hydrogen-bond acceptors (Lipinski definition) is 35. The third-order valence-corrected chi connectivity index (χ3v) is 20.0. The van der Waals surface area contributed by atoms with E-state index in [1.165, 1.54) is 63.2 Å². The van der Waals surface area contributed by atoms with Crippen LogP contribution in [0.3, 0.4) is 0 Å². The fraction of sp³-hybridized carbons (Fsp3) is 0.141. The Kier molecular flexibility index (Phi) is 21.5. The van der Waals surface area contributed by atoms with Gasteiger partial charge in [-0.3, -0.25) is 19.2 Å². The number of carbonyl (C=O) groups excluding carboxylic acids is 4. The molecule has 35 nitrogen and oxygen atoms in total. The number of phenols is 18. The van der Waals surface area contributed by atoms with Crippen LogP contribution in [-0.4, -0.2) is 150 Å². The Hall–Kier alpha value is -16.5. The van der Waals surface area contributed by atoms with E-state index in [9.17, 15) is 141 Å². The first kappa shape index (κ1) is 81.5. The highest BCUT2D eigenvalue weighted by molar-refractivity contribution is 6.00. The van der Waals surface area contributed by atoms with Crippen molar-refractivity contribution in [1.29, 1.82) is 0 Å². The first-order valence-electron chi connectivity index (χ1n) is 35.4. The fourth-order valence-corrected chi connectivity index (χ4v) is 14.0. The molecule has 21 N–H and O–H groups in total. The predicted molar refractivity (Wildman–Crippen MR) is 414 cm³/mol. The zero-order valence-corrected chi connectivity index (χ0v) is 62.0. The monoisotopic (exact) mass is 1650 g/mol. The molecule has 0 saturated carbocycles. The number of carbonyl (C=O) groups is 4. The van der Waals surface area contributed by atoms with Crippen LogP contribution in [0.1, 0.15) is 99.5 Å². The summed E-state index contributed by atoms with van der Waals surface area (Å²) in [6.07, 6.45) is -8.82. The van der Waals surface area contributed by atoms with Gasteiger partial charge in [0.2, 0.25) is 16.3 Å². The minimum Gasteiger partial charge on any atom is -0.508 e. The molecule has 0 amide bonds. The van der Waals surface area contributed by atoms with Crippen molar-refractivity contribution in [2.75, 3.05) is 0 Å². The Bertz CT molecular complexity index is 6490. The molecule has 0 saturated heterocycles. The van der Waals surface area contributed by atoms with Gasteiger partial charge >= 0.3 is 17.9 Å². The van der Waals surface area contributed by atoms with E-state index < -0.39 is 174 Å². The second-order valence-corrected chi connectivity index (χ2v) is 27.9. The molecule has 616 valence electrons. The molecule has 0 bridgehead atoms. The van der Waals surface area contributed by atoms with Gasteiger partial charge in [0.25, 0.3) is 6.47 Å². The molecule has 12 aromatic rings. The second-order valence-electron chi connectivity index (χ2n) is 27.9. The number of rotatable bonds is 11. The zero-order valence-electron chi connectivity index (χ0n) is 62.0. The Morgan fingerprint density at radius 1 is 0.350 bits per heavy atom. The van der Waals surface area contributed by atoms with Crippen LogP contribution in [0.4, 0.5) is 0 Å². The summed E-state index contributed by atoms with van der Waals surface area (Å²) in [5, 5.41) is 215. The van der Waals surface area contributed by atoms with Crippen LogP contribution in [0.25, 0.3) is 32.3 Å². The van der Waals surface area contributed by atoms with Crippen LogP contribution >= 0.6 is 0 Å². The van der Waals surface area contributed by atoms with Crippen molar-refractivity contribution in [2.24, 2.45) is 0 Å². The normalized spacial score (nSPS) is 16.2. The van der Waals surface area contributed by atoms with Crippen molar-refractivity contribution < 1.29 is 160 Å². The zero-order chi connectivity index (χ0) is 86.8. The van der Waals surface area contributed by atoms with E-state index in [4.69, 9.17) is 28.4 Å². The first-order valence-corrected chi connectivity index (χ1v) is 35.4. The number of ether oxygens (including phenoxy) is 7. The van der Waals surface area contributed by atoms with Crippen LogP contribution in [0.2, 0.25) is 0 Å². The van der Waals surface area contributed by atoms with Gasteiger partial charge in [-0.1, -0.05) is 12.1 Å². The van der Waals surface area contributed by atoms with Crippen molar-refractivity contribution in [1.82, 2.24) is 0 Å². The molecular weight excluding hydrogens is 1580 g/mol. The summed E-state index contributed by atoms with van der Waals surface area (Å²) in [6.45, 7) is 4.45. The highest BCUT2D eigenvalue weighted by Crippen LogP contribution is 2.51. The fourth-order valence-electron chi connectivity index (χ4n) is 14.0. The van der Waals surface area contributed by atoms with E-state index in [1.807, 2.05) is 0 Å². The molecular formula is C85H66O35. The molecule has 3 aliphatic heterocycles. The molecule has 6 atom stereocenters. The van der Waals surface area contributed by atoms with Gasteiger partial charge in [-0.2, -0.15) is 0 Å². The molecule has 0 fully saturated rings. The Morgan fingerprint density at radius 2 is 0.800 bits per heavy atom. The van der Waals surface area contributed by atoms with Gasteiger partial charge in [-0.25, -0.2) is 14.4 Å². The summed E-state index contributed by atoms with van der Waals surface area (Å²) in [5.41, 5.74) is -3.10. The van der Waals surface area contributed by atoms with Gasteiger partial charge in [0.05, 0.1) is 27.5 Å². The van der Waals surface area contributed by atoms with Crippen LogP contribution in [-0.2, 0) is 38.3 Å². The number of aromatic hydroxyl groups is 21. The number of aryl methyl sites for hydroxylation is 2. The number of hydrogen-bond donors (Lipinski definition) is 21. The lowest BCUT2D eigenvalue weighted by molar-refractivity contribution is -0.120. The summed E-state index contributed by atoms with van der Waals surface area (Å²) >= 11 is 0. The average molecular weight is 1650 g/mol. The van der Waals surface area contributed by atoms with Crippen LogP contribution in [0, 0.1) is 20.8 Å². The first-order chi connectivity index (χ1) is 56.8. The van der Waals surface area contributed by atoms with Crippen molar-refractivity contribution >= 4 is 56.7 Å². The minimum atomic E-state index is -1.59. The van der Waals surface area contributed by atoms with Gasteiger partial charge in [-0.05, 0) is 127 Å². The predicted octanol–water partition coefficient (Wildman–Crippen LogP) is 9.58. The molecule has 0 spiro atoms. The number of fused-ring (bicyclic) bond motifs is 6. The maximum Gasteiger partial charge on any atom is 0.338 e. The lowest BCUT2D eigenvalue weighted by Gasteiger charge is -2.34. The quantitative estimate of drug-likeness (QED) is 0.0248. The molecule has 2 unspecified atom stereocenters. The van der Waals surface area contributed by atoms with Gasteiger partial charge in [-0.15, -0.1) is 0 Å². The lowest BCUT2D eigenvalue weighted by atomic mass is 9.90. The molecule has 0 aromatic heterocycles. The number of esters is 3. The topological polar surface area (TPSA) is 609 Å². The highest BCUT2D eigenvalue weighted by atomic mass is 16.6. The van der Waals surface area contributed by atoms with E-state index >= 15 is 0 Å². The molecule has 15 rings (SSSR count). The summed E-state index contributed by atoms with van der Waals surface area (Å²) in [7, 11) is 0. The van der Waals surface area contributed by atoms with Crippen molar-refractivity contribution in [3.63, 3.8) is 0 Å². The Morgan fingerprint density at radius 3 is 1.33 bits per heavy atom. The molecule has 120 heavy (non-hydrogen) atoms. The Balaban J connectivity index is 0.000000181. The molecule has 0 radical (unpaired) electrons. The summed E-state index contributed by atoms with van der Waals surface area (Å²) < 4.78 is 40.3. The molecule has 3 aliphatic rings. The van der Waals surface area contributed by atoms with Crippen LogP contribution in [0.15, 0.2) is 154 Å². The summed E-state index contributed by atoms with van der Waals surface area (Å²) in [4.78, 5) is 89.6. The third-order valence-electron chi connectivity index (χ3n) is 20.0. The molecule has 12 aromatic carbocycles. The van der Waals surface area contributed by atoms with Crippen molar-refractivity contribution in [3.05, 3.63) is 237 Å². The largest absolute Gasteiger partial charge is 0.508 e. The number of benzene rings is 9. The molecule has 3 heterocycles. The van der Waals surface area contributed by atoms with E-state index in [2.05, 4.69) is 4.74 Å². The van der Waals surface area contributed by atoms with E-state index in [1.54, 1.807) is 0 Å². The van der Waals surface area contributed by atoms with E-state index in [0.29, 0.717) is 0 Å². The van der Waals surface area contributed by atoms with E-state index in [0.717, 1.165) is 97.1 Å². The maximum absolute atomic E-state index is 14.2. The average Bonchev–Trinajstić information content (AvgIpc) is 1.17. The lowest BCUT2D eigenvalue weighted by Crippen LogP contribution is -2.35. The molecule has 35 heteroatoms. The summed E-state index contributed by atoms with van der Waals surface area (Å²) in [6, 6.07) is 25.7. The molecule has 0 aliphatic carbocycles. The standard InChI is InChI=1S/C44H34O18.C28H22O11.C13H10O6/c1-16-4-18(7-30(51)38(16)54)43(57)62-36-15-25-28(49)10-21(46)12-34(25)60-42(36)23-13-32(53)40(56)37-22(23)5-19(8-31(52)39(37)55)44(58)61-35-14-24-27(48)9-20(45)11-33(24)59-41(35)17-2-3-26(47)29(50)6-17;1-11-18(31)6-14(7-19(11)32)28(37)39-23-10-16-20(33)8-15(29)9-22(16)38-27(23)13-4-12-2-3-17(30)25(35)24(12)26(36)21(34)5-13;1-6-11-7(3-9(15)12(6)17)2-8(19-5-14)4-10(16)13(11)18/h2-13,35-36,41-42,45-51,53-54,56H,14-15H2,1H3,(H,52,55);2-9,23,27,29-33,35H,10H2,1H3,(H,34,36);2-5,15,17H,1H3,(H,16,18)/t35?,36-,41-,42?;23-,27-;/m11./s1. The van der Waals surface area contributed by atoms with Crippen LogP contribution < -0.4 is 35.2 Å². The highest BCUT2D eigenvalue weighted by Gasteiger charge is 2.42. The van der Waals surface area contributed by atoms with Gasteiger partial charge in [0, 0.05) is 112 Å². The third kappa shape index (κ3) is 15.6. The second kappa shape index (κ2) is 31.7. The van der Waals surface area contributed by atoms with Gasteiger partial charge in [0.1, 0.15) is 87.3 Å². The smallest absolute Gasteiger partial charge is 0.338 e. The summed E-state index contributed by atoms with van der Waals surface area (Å²) in [5.74, 6) is -15.1.